The van der Waals surface area contributed by atoms with Gasteiger partial charge in [0.15, 0.2) is 6.10 Å². The molecule has 12 heavy (non-hydrogen) atoms. The van der Waals surface area contributed by atoms with Crippen LogP contribution >= 0.6 is 25.3 Å². The molecule has 0 aliphatic rings. The quantitative estimate of drug-likeness (QED) is 0.234. The van der Waals surface area contributed by atoms with Crippen molar-refractivity contribution < 1.29 is 5.11 Å². The Morgan fingerprint density at radius 1 is 1.25 bits per heavy atom. The fourth-order valence-corrected chi connectivity index (χ4v) is 0.643. The molecule has 1 atom stereocenters. The van der Waals surface area contributed by atoms with Crippen molar-refractivity contribution in [3.63, 3.8) is 0 Å². The second kappa shape index (κ2) is 10.5. The molecule has 0 fully saturated rings. The normalized spacial score (nSPS) is 9.08. The van der Waals surface area contributed by atoms with Crippen LogP contribution in [0, 0.1) is 22.7 Å². The van der Waals surface area contributed by atoms with Gasteiger partial charge in [-0.05, 0) is 0 Å². The molecule has 7 heteroatoms. The van der Waals surface area contributed by atoms with Crippen molar-refractivity contribution in [2.45, 2.75) is 6.10 Å². The van der Waals surface area contributed by atoms with E-state index in [2.05, 4.69) is 25.3 Å². The molecule has 1 unspecified atom stereocenters. The minimum absolute atomic E-state index is 0. The number of thiol groups is 2. The van der Waals surface area contributed by atoms with Gasteiger partial charge >= 0.3 is 59.1 Å². The van der Waals surface area contributed by atoms with Crippen LogP contribution in [0.5, 0.6) is 0 Å². The van der Waals surface area contributed by atoms with Gasteiger partial charge < -0.3 is 5.11 Å². The van der Waals surface area contributed by atoms with Gasteiger partial charge in [-0.3, -0.25) is 0 Å². The molecule has 0 saturated heterocycles. The van der Waals surface area contributed by atoms with E-state index in [0.717, 1.165) is 0 Å². The number of nitrogens with zero attached hydrogens (tertiary/aromatic N) is 2. The summed E-state index contributed by atoms with van der Waals surface area (Å²) in [6, 6.07) is 3.08. The number of hydrogen-bond acceptors (Lipinski definition) is 5. The Morgan fingerprint density at radius 3 is 1.75 bits per heavy atom. The molecule has 0 aliphatic carbocycles. The van der Waals surface area contributed by atoms with Crippen LogP contribution in [0.3, 0.4) is 0 Å². The molecule has 3 nitrogen and oxygen atoms in total. The van der Waals surface area contributed by atoms with E-state index in [1.807, 2.05) is 0 Å². The fraction of sp³-hybridized carbons (Fsp3) is 0.200. The van der Waals surface area contributed by atoms with Crippen molar-refractivity contribution in [2.24, 2.45) is 0 Å². The van der Waals surface area contributed by atoms with Crippen molar-refractivity contribution in [2.75, 3.05) is 0 Å². The van der Waals surface area contributed by atoms with Gasteiger partial charge in [0, 0.05) is 0 Å². The van der Waals surface area contributed by atoms with E-state index in [-0.39, 0.29) is 68.9 Å². The van der Waals surface area contributed by atoms with Crippen molar-refractivity contribution in [3.05, 3.63) is 9.81 Å². The van der Waals surface area contributed by atoms with Crippen molar-refractivity contribution in [3.8, 4) is 12.1 Å². The van der Waals surface area contributed by atoms with Gasteiger partial charge in [-0.25, -0.2) is 0 Å². The zero-order valence-corrected chi connectivity index (χ0v) is 6.60. The summed E-state index contributed by atoms with van der Waals surface area (Å²) in [7, 11) is 0. The summed E-state index contributed by atoms with van der Waals surface area (Å²) in [6.07, 6.45) is -1.42. The van der Waals surface area contributed by atoms with Gasteiger partial charge in [-0.1, -0.05) is 0 Å². The van der Waals surface area contributed by atoms with Crippen LogP contribution in [0.4, 0.5) is 0 Å². The molecule has 0 heterocycles. The zero-order chi connectivity index (χ0) is 8.15. The zero-order valence-electron chi connectivity index (χ0n) is 4.81. The third kappa shape index (κ3) is 6.85. The summed E-state index contributed by atoms with van der Waals surface area (Å²) < 4.78 is 0.0663. The first-order chi connectivity index (χ1) is 4.63. The predicted octanol–water partition coefficient (Wildman–Crippen LogP) is -0.831. The second-order valence-corrected chi connectivity index (χ2v) is 2.63. The summed E-state index contributed by atoms with van der Waals surface area (Å²) in [5, 5.41) is 25.2. The Labute approximate surface area is 126 Å². The third-order valence-corrected chi connectivity index (χ3v) is 1.24. The molecule has 0 aromatic rings. The monoisotopic (exact) mass is 220 g/mol. The molecular formula is C5H6N2Na2OS2. The van der Waals surface area contributed by atoms with E-state index >= 15 is 0 Å². The van der Waals surface area contributed by atoms with Crippen LogP contribution in [0.1, 0.15) is 0 Å². The van der Waals surface area contributed by atoms with E-state index in [1.165, 1.54) is 6.07 Å². The van der Waals surface area contributed by atoms with Crippen LogP contribution in [-0.4, -0.2) is 70.3 Å². The number of nitriles is 2. The van der Waals surface area contributed by atoms with E-state index in [1.54, 1.807) is 6.07 Å². The van der Waals surface area contributed by atoms with E-state index < -0.39 is 6.10 Å². The number of aliphatic hydroxyl groups excluding tert-OH is 1. The van der Waals surface area contributed by atoms with Crippen LogP contribution in [-0.2, 0) is 0 Å². The van der Waals surface area contributed by atoms with Gasteiger partial charge in [0.05, 0.1) is 15.9 Å². The first kappa shape index (κ1) is 19.0. The molecule has 0 aromatic carbocycles. The minimum atomic E-state index is -1.42. The molecule has 0 aliphatic heterocycles. The Morgan fingerprint density at radius 2 is 1.67 bits per heavy atom. The Balaban J connectivity index is -0.000000405. The third-order valence-electron chi connectivity index (χ3n) is 0.757. The molecule has 0 rings (SSSR count). The van der Waals surface area contributed by atoms with Crippen molar-refractivity contribution in [1.29, 1.82) is 10.5 Å². The maximum atomic E-state index is 8.75. The van der Waals surface area contributed by atoms with Gasteiger partial charge in [0.25, 0.3) is 0 Å². The molecule has 1 N–H and O–H groups in total. The molecular weight excluding hydrogens is 214 g/mol. The average Bonchev–Trinajstić information content (AvgIpc) is 1.88. The first-order valence-corrected chi connectivity index (χ1v) is 3.12. The molecule has 0 amide bonds. The molecule has 0 saturated carbocycles. The van der Waals surface area contributed by atoms with E-state index in [4.69, 9.17) is 15.6 Å². The Bertz CT molecular complexity index is 239. The topological polar surface area (TPSA) is 67.8 Å². The van der Waals surface area contributed by atoms with Crippen LogP contribution in [0.2, 0.25) is 0 Å². The predicted molar refractivity (Wildman–Crippen MR) is 56.5 cm³/mol. The summed E-state index contributed by atoms with van der Waals surface area (Å²) in [5.74, 6) is 0. The first-order valence-electron chi connectivity index (χ1n) is 2.23. The van der Waals surface area contributed by atoms with Crippen molar-refractivity contribution >= 4 is 84.4 Å². The summed E-state index contributed by atoms with van der Waals surface area (Å²) >= 11 is 7.35. The van der Waals surface area contributed by atoms with Crippen LogP contribution in [0.25, 0.3) is 0 Å². The number of rotatable bonds is 1. The number of hydrogen-bond donors (Lipinski definition) is 3. The Hall–Kier alpha value is 1.38. The summed E-state index contributed by atoms with van der Waals surface area (Å²) in [5.41, 5.74) is -0.130. The van der Waals surface area contributed by atoms with Crippen LogP contribution in [0.15, 0.2) is 9.81 Å². The molecule has 0 aromatic heterocycles. The van der Waals surface area contributed by atoms with E-state index in [9.17, 15) is 0 Å². The second-order valence-electron chi connectivity index (χ2n) is 1.38. The molecule has 0 bridgehead atoms. The molecule has 0 spiro atoms. The molecule has 56 valence electrons. The molecule has 0 radical (unpaired) electrons. The van der Waals surface area contributed by atoms with Gasteiger partial charge in [-0.15, -0.1) is 25.3 Å². The van der Waals surface area contributed by atoms with Gasteiger partial charge in [-0.2, -0.15) is 10.5 Å². The SMILES string of the molecule is N#CC(=C(S)S)C(O)C#N.[NaH].[NaH]. The standard InChI is InChI=1S/C5H4N2OS2.2Na.2H/c6-1-3(5(9)10)4(8)2-7;;;;/h4,8-10H;;;;. The Kier molecular flexibility index (Phi) is 16.6. The van der Waals surface area contributed by atoms with E-state index in [0.29, 0.717) is 0 Å². The van der Waals surface area contributed by atoms with Gasteiger partial charge in [0.2, 0.25) is 0 Å². The van der Waals surface area contributed by atoms with Crippen molar-refractivity contribution in [1.82, 2.24) is 0 Å². The average molecular weight is 220 g/mol. The van der Waals surface area contributed by atoms with Gasteiger partial charge in [0.1, 0.15) is 6.07 Å². The summed E-state index contributed by atoms with van der Waals surface area (Å²) in [4.78, 5) is 0. The maximum absolute atomic E-state index is 8.75. The number of aliphatic hydroxyl groups is 1. The van der Waals surface area contributed by atoms with Crippen LogP contribution < -0.4 is 0 Å². The fourth-order valence-electron chi connectivity index (χ4n) is 0.298. The summed E-state index contributed by atoms with van der Waals surface area (Å²) in [6.45, 7) is 0.